The van der Waals surface area contributed by atoms with Crippen molar-refractivity contribution in [3.05, 3.63) is 51.8 Å². The summed E-state index contributed by atoms with van der Waals surface area (Å²) in [4.78, 5) is 42.3. The molecule has 9 nitrogen and oxygen atoms in total. The highest BCUT2D eigenvalue weighted by Crippen LogP contribution is 2.28. The quantitative estimate of drug-likeness (QED) is 0.331. The molecule has 0 saturated carbocycles. The lowest BCUT2D eigenvalue weighted by atomic mass is 9.86. The van der Waals surface area contributed by atoms with Crippen molar-refractivity contribution in [2.45, 2.75) is 65.7 Å². The summed E-state index contributed by atoms with van der Waals surface area (Å²) in [7, 11) is 0. The topological polar surface area (TPSA) is 144 Å². The minimum Gasteiger partial charge on any atom is -0.479 e. The van der Waals surface area contributed by atoms with Crippen LogP contribution < -0.4 is 16.4 Å². The van der Waals surface area contributed by atoms with Crippen molar-refractivity contribution < 1.29 is 24.2 Å². The van der Waals surface area contributed by atoms with Crippen molar-refractivity contribution in [1.29, 1.82) is 0 Å². The molecule has 1 aromatic carbocycles. The highest BCUT2D eigenvalue weighted by Gasteiger charge is 2.50. The van der Waals surface area contributed by atoms with Gasteiger partial charge in [-0.1, -0.05) is 29.3 Å². The van der Waals surface area contributed by atoms with Crippen molar-refractivity contribution in [1.82, 2.24) is 4.98 Å². The number of Topliss-reactive ketones (excluding diaryl/α,β-unsaturated/α-hetero) is 1. The first-order chi connectivity index (χ1) is 15.6. The largest absolute Gasteiger partial charge is 0.479 e. The second-order valence-electron chi connectivity index (χ2n) is 9.28. The number of halogens is 1. The third-order valence-electron chi connectivity index (χ3n) is 5.13. The number of hydrogen-bond donors (Lipinski definition) is 4. The van der Waals surface area contributed by atoms with Gasteiger partial charge >= 0.3 is 12.0 Å². The first-order valence-electron chi connectivity index (χ1n) is 10.6. The van der Waals surface area contributed by atoms with E-state index in [1.54, 1.807) is 20.8 Å². The zero-order valence-electron chi connectivity index (χ0n) is 20.4. The summed E-state index contributed by atoms with van der Waals surface area (Å²) >= 11 is 6.04. The van der Waals surface area contributed by atoms with Crippen LogP contribution in [0.3, 0.4) is 0 Å². The van der Waals surface area contributed by atoms with Crippen LogP contribution in [-0.4, -0.2) is 45.1 Å². The van der Waals surface area contributed by atoms with E-state index in [-0.39, 0.29) is 16.4 Å². The average Bonchev–Trinajstić information content (AvgIpc) is 2.68. The molecule has 2 amide bonds. The molecular weight excluding hydrogens is 460 g/mol. The average molecular weight is 491 g/mol. The van der Waals surface area contributed by atoms with Gasteiger partial charge in [0.1, 0.15) is 5.69 Å². The van der Waals surface area contributed by atoms with Gasteiger partial charge in [-0.3, -0.25) is 4.79 Å². The normalized spacial score (nSPS) is 14.1. The number of pyridine rings is 1. The fourth-order valence-electron chi connectivity index (χ4n) is 3.63. The minimum absolute atomic E-state index is 0.0866. The van der Waals surface area contributed by atoms with E-state index in [4.69, 9.17) is 22.1 Å². The molecule has 0 aliphatic rings. The molecule has 10 heteroatoms. The van der Waals surface area contributed by atoms with Crippen molar-refractivity contribution in [2.24, 2.45) is 5.73 Å². The number of aromatic nitrogens is 1. The lowest BCUT2D eigenvalue weighted by molar-refractivity contribution is -0.151. The smallest absolute Gasteiger partial charge is 0.334 e. The number of ether oxygens (including phenoxy) is 1. The van der Waals surface area contributed by atoms with Gasteiger partial charge in [-0.05, 0) is 65.7 Å². The number of aryl methyl sites for hydroxylation is 3. The van der Waals surface area contributed by atoms with Crippen molar-refractivity contribution in [3.8, 4) is 0 Å². The molecule has 0 bridgehead atoms. The summed E-state index contributed by atoms with van der Waals surface area (Å²) in [5, 5.41) is 15.3. The zero-order chi connectivity index (χ0) is 26.0. The standard InChI is InChI=1S/C24H31ClN4O5/c1-12-8-13(2)18(14(3)9-12)29-22(33)28-17-10-16(25)11-27-19(17)20(30)24(26,21(31)32)15(4)34-23(5,6)7/h8-11,15H,26H2,1-7H3,(H,31,32)(H2,28,29,33)/t15-,24-/m1/s1. The Labute approximate surface area is 204 Å². The molecule has 1 aromatic heterocycles. The summed E-state index contributed by atoms with van der Waals surface area (Å²) in [6.45, 7) is 12.2. The number of nitrogens with one attached hydrogen (secondary N) is 2. The molecule has 0 spiro atoms. The maximum Gasteiger partial charge on any atom is 0.334 e. The Morgan fingerprint density at radius 1 is 1.09 bits per heavy atom. The molecule has 2 rings (SSSR count). The summed E-state index contributed by atoms with van der Waals surface area (Å²) in [6.07, 6.45) is -0.0431. The number of benzene rings is 1. The number of carboxylic acids is 1. The Hall–Kier alpha value is -3.01. The summed E-state index contributed by atoms with van der Waals surface area (Å²) in [6, 6.07) is 4.48. The fourth-order valence-corrected chi connectivity index (χ4v) is 3.79. The fraction of sp³-hybridized carbons (Fsp3) is 0.417. The molecule has 2 atom stereocenters. The van der Waals surface area contributed by atoms with E-state index in [1.807, 2.05) is 32.9 Å². The van der Waals surface area contributed by atoms with Gasteiger partial charge in [0.15, 0.2) is 0 Å². The Morgan fingerprint density at radius 3 is 2.15 bits per heavy atom. The molecular formula is C24H31ClN4O5. The molecule has 0 fully saturated rings. The Bertz CT molecular complexity index is 1110. The van der Waals surface area contributed by atoms with Crippen molar-refractivity contribution >= 4 is 40.8 Å². The van der Waals surface area contributed by atoms with E-state index >= 15 is 0 Å². The van der Waals surface area contributed by atoms with Crippen LogP contribution in [0.15, 0.2) is 24.4 Å². The van der Waals surface area contributed by atoms with Crippen LogP contribution in [0, 0.1) is 20.8 Å². The lowest BCUT2D eigenvalue weighted by Gasteiger charge is -2.34. The number of urea groups is 1. The van der Waals surface area contributed by atoms with E-state index in [2.05, 4.69) is 15.6 Å². The minimum atomic E-state index is -2.47. The highest BCUT2D eigenvalue weighted by atomic mass is 35.5. The third kappa shape index (κ3) is 6.11. The molecule has 0 saturated heterocycles. The van der Waals surface area contributed by atoms with Crippen LogP contribution >= 0.6 is 11.6 Å². The Kier molecular flexibility index (Phi) is 8.08. The molecule has 0 radical (unpaired) electrons. The summed E-state index contributed by atoms with van der Waals surface area (Å²) in [5.41, 5.74) is 5.80. The molecule has 34 heavy (non-hydrogen) atoms. The second-order valence-corrected chi connectivity index (χ2v) is 9.71. The first kappa shape index (κ1) is 27.2. The first-order valence-corrected chi connectivity index (χ1v) is 11.0. The van der Waals surface area contributed by atoms with Gasteiger partial charge in [0, 0.05) is 11.9 Å². The number of ketones is 1. The van der Waals surface area contributed by atoms with Gasteiger partial charge in [-0.2, -0.15) is 0 Å². The molecule has 0 aliphatic carbocycles. The predicted molar refractivity (Wildman–Crippen MR) is 132 cm³/mol. The molecule has 5 N–H and O–H groups in total. The number of carboxylic acid groups (broad SMARTS) is 1. The number of carbonyl (C=O) groups is 3. The number of hydrogen-bond acceptors (Lipinski definition) is 6. The van der Waals surface area contributed by atoms with Crippen molar-refractivity contribution in [2.75, 3.05) is 10.6 Å². The van der Waals surface area contributed by atoms with Crippen LogP contribution in [0.1, 0.15) is 54.9 Å². The summed E-state index contributed by atoms with van der Waals surface area (Å²) < 4.78 is 5.69. The number of amides is 2. The summed E-state index contributed by atoms with van der Waals surface area (Å²) in [5.74, 6) is -2.63. The number of anilines is 2. The predicted octanol–water partition coefficient (Wildman–Crippen LogP) is 4.47. The Balaban J connectivity index is 2.43. The van der Waals surface area contributed by atoms with Crippen LogP contribution in [0.25, 0.3) is 0 Å². The van der Waals surface area contributed by atoms with Crippen LogP contribution in [0.2, 0.25) is 5.02 Å². The molecule has 1 heterocycles. The van der Waals surface area contributed by atoms with Gasteiger partial charge in [0.05, 0.1) is 22.4 Å². The van der Waals surface area contributed by atoms with Gasteiger partial charge in [0.25, 0.3) is 0 Å². The second kappa shape index (κ2) is 10.1. The monoisotopic (exact) mass is 490 g/mol. The van der Waals surface area contributed by atoms with E-state index in [0.29, 0.717) is 5.69 Å². The maximum atomic E-state index is 13.4. The zero-order valence-corrected chi connectivity index (χ0v) is 21.1. The van der Waals surface area contributed by atoms with Crippen molar-refractivity contribution in [3.63, 3.8) is 0 Å². The van der Waals surface area contributed by atoms with E-state index < -0.39 is 35.0 Å². The Morgan fingerprint density at radius 2 is 1.65 bits per heavy atom. The highest BCUT2D eigenvalue weighted by molar-refractivity contribution is 6.31. The van der Waals surface area contributed by atoms with Gasteiger partial charge in [-0.25, -0.2) is 14.6 Å². The number of rotatable bonds is 7. The number of nitrogens with zero attached hydrogens (tertiary/aromatic N) is 1. The van der Waals surface area contributed by atoms with Crippen LogP contribution in [0.4, 0.5) is 16.2 Å². The molecule has 2 aromatic rings. The molecule has 0 aliphatic heterocycles. The molecule has 184 valence electrons. The number of nitrogens with two attached hydrogens (primary N) is 1. The number of aliphatic carboxylic acids is 1. The number of carbonyl (C=O) groups excluding carboxylic acids is 2. The van der Waals surface area contributed by atoms with E-state index in [9.17, 15) is 19.5 Å². The van der Waals surface area contributed by atoms with Crippen LogP contribution in [0.5, 0.6) is 0 Å². The molecule has 0 unspecified atom stereocenters. The maximum absolute atomic E-state index is 13.4. The lowest BCUT2D eigenvalue weighted by Crippen LogP contribution is -2.64. The van der Waals surface area contributed by atoms with E-state index in [0.717, 1.165) is 16.7 Å². The van der Waals surface area contributed by atoms with Gasteiger partial charge in [0.2, 0.25) is 11.3 Å². The van der Waals surface area contributed by atoms with Gasteiger partial charge < -0.3 is 26.2 Å². The van der Waals surface area contributed by atoms with Gasteiger partial charge in [-0.15, -0.1) is 0 Å². The third-order valence-corrected chi connectivity index (χ3v) is 5.34. The van der Waals surface area contributed by atoms with E-state index in [1.165, 1.54) is 19.2 Å². The van der Waals surface area contributed by atoms with Crippen LogP contribution in [-0.2, 0) is 9.53 Å². The SMILES string of the molecule is Cc1cc(C)c(NC(=O)Nc2cc(Cl)cnc2C(=O)[C@@](N)(C(=O)O)[C@@H](C)OC(C)(C)C)c(C)c1.